The van der Waals surface area contributed by atoms with Gasteiger partial charge in [0.2, 0.25) is 0 Å². The molecule has 3 rings (SSSR count). The van der Waals surface area contributed by atoms with E-state index in [1.54, 1.807) is 6.33 Å². The standard InChI is InChI=1S/C16H22N4/c1-12(2)10-20-16(18-11-19-20)9-17-8-14-7-13-5-3-4-6-15(13)14/h3-6,11-12,14,17H,7-10H2,1-2H3. The maximum absolute atomic E-state index is 4.34. The van der Waals surface area contributed by atoms with Crippen molar-refractivity contribution in [2.75, 3.05) is 6.54 Å². The van der Waals surface area contributed by atoms with Gasteiger partial charge in [-0.25, -0.2) is 9.67 Å². The maximum atomic E-state index is 4.34. The number of nitrogens with one attached hydrogen (secondary N) is 1. The van der Waals surface area contributed by atoms with E-state index >= 15 is 0 Å². The summed E-state index contributed by atoms with van der Waals surface area (Å²) in [5.74, 6) is 2.29. The largest absolute Gasteiger partial charge is 0.309 e. The second-order valence-electron chi connectivity index (χ2n) is 5.98. The van der Waals surface area contributed by atoms with Crippen molar-refractivity contribution in [2.45, 2.75) is 39.3 Å². The highest BCUT2D eigenvalue weighted by Crippen LogP contribution is 2.33. The van der Waals surface area contributed by atoms with Crippen molar-refractivity contribution in [3.8, 4) is 0 Å². The van der Waals surface area contributed by atoms with Crippen molar-refractivity contribution >= 4 is 0 Å². The van der Waals surface area contributed by atoms with Gasteiger partial charge in [0.1, 0.15) is 12.2 Å². The Kier molecular flexibility index (Phi) is 3.83. The highest BCUT2D eigenvalue weighted by atomic mass is 15.3. The molecule has 1 unspecified atom stereocenters. The number of fused-ring (bicyclic) bond motifs is 1. The molecule has 0 aliphatic heterocycles. The van der Waals surface area contributed by atoms with Gasteiger partial charge in [-0.15, -0.1) is 0 Å². The topological polar surface area (TPSA) is 42.7 Å². The zero-order chi connectivity index (χ0) is 13.9. The van der Waals surface area contributed by atoms with Gasteiger partial charge in [-0.05, 0) is 23.5 Å². The van der Waals surface area contributed by atoms with E-state index in [4.69, 9.17) is 0 Å². The van der Waals surface area contributed by atoms with E-state index < -0.39 is 0 Å². The molecule has 0 amide bonds. The molecule has 1 aliphatic carbocycles. The Morgan fingerprint density at radius 1 is 1.35 bits per heavy atom. The van der Waals surface area contributed by atoms with E-state index in [9.17, 15) is 0 Å². The monoisotopic (exact) mass is 270 g/mol. The van der Waals surface area contributed by atoms with Crippen molar-refractivity contribution in [1.29, 1.82) is 0 Å². The van der Waals surface area contributed by atoms with Crippen molar-refractivity contribution in [2.24, 2.45) is 5.92 Å². The Labute approximate surface area is 120 Å². The van der Waals surface area contributed by atoms with Crippen LogP contribution in [-0.4, -0.2) is 21.3 Å². The average Bonchev–Trinajstić information content (AvgIpc) is 2.81. The number of hydrogen-bond acceptors (Lipinski definition) is 3. The molecule has 4 heteroatoms. The van der Waals surface area contributed by atoms with E-state index in [1.807, 2.05) is 4.68 Å². The minimum Gasteiger partial charge on any atom is -0.309 e. The molecule has 20 heavy (non-hydrogen) atoms. The van der Waals surface area contributed by atoms with Crippen LogP contribution < -0.4 is 5.32 Å². The SMILES string of the molecule is CC(C)Cn1ncnc1CNCC1Cc2ccccc21. The Morgan fingerprint density at radius 3 is 3.00 bits per heavy atom. The molecule has 0 fully saturated rings. The Balaban J connectivity index is 1.51. The van der Waals surface area contributed by atoms with E-state index in [-0.39, 0.29) is 0 Å². The third-order valence-corrected chi connectivity index (χ3v) is 3.87. The highest BCUT2D eigenvalue weighted by Gasteiger charge is 2.24. The summed E-state index contributed by atoms with van der Waals surface area (Å²) in [5.41, 5.74) is 3.01. The summed E-state index contributed by atoms with van der Waals surface area (Å²) in [6.07, 6.45) is 2.85. The lowest BCUT2D eigenvalue weighted by atomic mass is 9.78. The van der Waals surface area contributed by atoms with Gasteiger partial charge in [0.15, 0.2) is 0 Å². The van der Waals surface area contributed by atoms with Crippen LogP contribution in [0.25, 0.3) is 0 Å². The number of aromatic nitrogens is 3. The van der Waals surface area contributed by atoms with Gasteiger partial charge in [-0.3, -0.25) is 0 Å². The third kappa shape index (κ3) is 2.75. The first-order valence-electron chi connectivity index (χ1n) is 7.39. The molecule has 0 spiro atoms. The van der Waals surface area contributed by atoms with E-state index in [1.165, 1.54) is 17.5 Å². The molecular weight excluding hydrogens is 248 g/mol. The molecular formula is C16H22N4. The maximum Gasteiger partial charge on any atom is 0.140 e. The number of nitrogens with zero attached hydrogens (tertiary/aromatic N) is 3. The lowest BCUT2D eigenvalue weighted by Gasteiger charge is -2.30. The molecule has 0 saturated carbocycles. The zero-order valence-corrected chi connectivity index (χ0v) is 12.2. The lowest BCUT2D eigenvalue weighted by Crippen LogP contribution is -2.29. The van der Waals surface area contributed by atoms with Crippen LogP contribution in [0, 0.1) is 5.92 Å². The quantitative estimate of drug-likeness (QED) is 0.876. The van der Waals surface area contributed by atoms with Crippen molar-refractivity contribution in [3.05, 3.63) is 47.5 Å². The molecule has 1 aromatic carbocycles. The fourth-order valence-corrected chi connectivity index (χ4v) is 2.83. The molecule has 4 nitrogen and oxygen atoms in total. The molecule has 0 saturated heterocycles. The van der Waals surface area contributed by atoms with Crippen LogP contribution in [0.3, 0.4) is 0 Å². The molecule has 2 aromatic rings. The Bertz CT molecular complexity index is 573. The minimum atomic E-state index is 0.592. The van der Waals surface area contributed by atoms with Crippen LogP contribution >= 0.6 is 0 Å². The van der Waals surface area contributed by atoms with E-state index in [2.05, 4.69) is 53.5 Å². The molecule has 0 bridgehead atoms. The first kappa shape index (κ1) is 13.3. The molecule has 1 atom stereocenters. The molecule has 106 valence electrons. The highest BCUT2D eigenvalue weighted by molar-refractivity contribution is 5.40. The second-order valence-corrected chi connectivity index (χ2v) is 5.98. The van der Waals surface area contributed by atoms with Crippen molar-refractivity contribution in [3.63, 3.8) is 0 Å². The summed E-state index contributed by atoms with van der Waals surface area (Å²) in [6, 6.07) is 8.72. The van der Waals surface area contributed by atoms with Crippen LogP contribution in [0.5, 0.6) is 0 Å². The van der Waals surface area contributed by atoms with Gasteiger partial charge in [-0.1, -0.05) is 38.1 Å². The zero-order valence-electron chi connectivity index (χ0n) is 12.2. The molecule has 0 radical (unpaired) electrons. The van der Waals surface area contributed by atoms with Crippen molar-refractivity contribution in [1.82, 2.24) is 20.1 Å². The van der Waals surface area contributed by atoms with Gasteiger partial charge >= 0.3 is 0 Å². The molecule has 1 heterocycles. The predicted octanol–water partition coefficient (Wildman–Crippen LogP) is 2.36. The first-order chi connectivity index (χ1) is 9.74. The fourth-order valence-electron chi connectivity index (χ4n) is 2.83. The summed E-state index contributed by atoms with van der Waals surface area (Å²) < 4.78 is 2.01. The summed E-state index contributed by atoms with van der Waals surface area (Å²) >= 11 is 0. The predicted molar refractivity (Wildman–Crippen MR) is 79.5 cm³/mol. The summed E-state index contributed by atoms with van der Waals surface area (Å²) in [4.78, 5) is 4.34. The normalized spacial score (nSPS) is 17.1. The molecule has 1 N–H and O–H groups in total. The average molecular weight is 270 g/mol. The smallest absolute Gasteiger partial charge is 0.140 e. The van der Waals surface area contributed by atoms with Crippen LogP contribution in [0.1, 0.15) is 36.7 Å². The minimum absolute atomic E-state index is 0.592. The lowest BCUT2D eigenvalue weighted by molar-refractivity contribution is 0.450. The third-order valence-electron chi connectivity index (χ3n) is 3.87. The van der Waals surface area contributed by atoms with Crippen molar-refractivity contribution < 1.29 is 0 Å². The van der Waals surface area contributed by atoms with Gasteiger partial charge in [0, 0.05) is 19.0 Å². The van der Waals surface area contributed by atoms with Gasteiger partial charge in [0.25, 0.3) is 0 Å². The summed E-state index contributed by atoms with van der Waals surface area (Å²) in [5, 5.41) is 7.81. The molecule has 1 aromatic heterocycles. The van der Waals surface area contributed by atoms with E-state index in [0.717, 1.165) is 25.5 Å². The number of benzene rings is 1. The number of rotatable bonds is 6. The van der Waals surface area contributed by atoms with Crippen LogP contribution in [0.2, 0.25) is 0 Å². The van der Waals surface area contributed by atoms with Crippen LogP contribution in [0.15, 0.2) is 30.6 Å². The van der Waals surface area contributed by atoms with E-state index in [0.29, 0.717) is 11.8 Å². The van der Waals surface area contributed by atoms with Gasteiger partial charge in [-0.2, -0.15) is 5.10 Å². The summed E-state index contributed by atoms with van der Waals surface area (Å²) in [6.45, 7) is 7.15. The Hall–Kier alpha value is -1.68. The Morgan fingerprint density at radius 2 is 2.20 bits per heavy atom. The summed E-state index contributed by atoms with van der Waals surface area (Å²) in [7, 11) is 0. The van der Waals surface area contributed by atoms with Gasteiger partial charge in [0.05, 0.1) is 6.54 Å². The second kappa shape index (κ2) is 5.75. The van der Waals surface area contributed by atoms with Crippen LogP contribution in [0.4, 0.5) is 0 Å². The first-order valence-corrected chi connectivity index (χ1v) is 7.39. The molecule has 1 aliphatic rings. The fraction of sp³-hybridized carbons (Fsp3) is 0.500. The van der Waals surface area contributed by atoms with Gasteiger partial charge < -0.3 is 5.32 Å². The van der Waals surface area contributed by atoms with Crippen LogP contribution in [-0.2, 0) is 19.5 Å². The number of hydrogen-bond donors (Lipinski definition) is 1.